The van der Waals surface area contributed by atoms with Gasteiger partial charge in [0.05, 0.1) is 16.2 Å². The normalized spacial score (nSPS) is 18.7. The highest BCUT2D eigenvalue weighted by Gasteiger charge is 2.52. The van der Waals surface area contributed by atoms with E-state index in [4.69, 9.17) is 25.6 Å². The second-order valence-corrected chi connectivity index (χ2v) is 8.76. The first-order valence-electron chi connectivity index (χ1n) is 8.53. The van der Waals surface area contributed by atoms with Crippen LogP contribution in [0.15, 0.2) is 12.1 Å². The number of hydrogen-bond donors (Lipinski definition) is 1. The monoisotopic (exact) mass is 385 g/mol. The van der Waals surface area contributed by atoms with E-state index in [9.17, 15) is 9.18 Å². The van der Waals surface area contributed by atoms with Crippen molar-refractivity contribution in [1.82, 2.24) is 5.32 Å². The van der Waals surface area contributed by atoms with E-state index < -0.39 is 35.8 Å². The highest BCUT2D eigenvalue weighted by atomic mass is 35.5. The molecule has 0 aliphatic carbocycles. The number of ether oxygens (including phenoxy) is 1. The first-order valence-corrected chi connectivity index (χ1v) is 8.90. The Bertz CT molecular complexity index is 687. The highest BCUT2D eigenvalue weighted by molar-refractivity contribution is 6.62. The van der Waals surface area contributed by atoms with Crippen LogP contribution in [0.5, 0.6) is 0 Å². The van der Waals surface area contributed by atoms with Gasteiger partial charge in [0, 0.05) is 12.0 Å². The number of rotatable bonds is 3. The Morgan fingerprint density at radius 3 is 2.27 bits per heavy atom. The lowest BCUT2D eigenvalue weighted by Gasteiger charge is -2.32. The fraction of sp³-hybridized carbons (Fsp3) is 0.611. The summed E-state index contributed by atoms with van der Waals surface area (Å²) >= 11 is 6.16. The molecule has 5 nitrogen and oxygen atoms in total. The smallest absolute Gasteiger partial charge is 0.444 e. The molecule has 1 N–H and O–H groups in total. The highest BCUT2D eigenvalue weighted by Crippen LogP contribution is 2.37. The summed E-state index contributed by atoms with van der Waals surface area (Å²) in [5.41, 5.74) is -1.09. The Labute approximate surface area is 159 Å². The third-order valence-electron chi connectivity index (χ3n) is 4.52. The molecular formula is C18H26BClFNO4. The van der Waals surface area contributed by atoms with Crippen molar-refractivity contribution in [1.29, 1.82) is 0 Å². The van der Waals surface area contributed by atoms with Gasteiger partial charge in [0.2, 0.25) is 0 Å². The van der Waals surface area contributed by atoms with Crippen molar-refractivity contribution in [3.63, 3.8) is 0 Å². The van der Waals surface area contributed by atoms with Crippen molar-refractivity contribution in [2.75, 3.05) is 0 Å². The average molecular weight is 386 g/mol. The molecule has 0 radical (unpaired) electrons. The molecule has 0 saturated carbocycles. The van der Waals surface area contributed by atoms with E-state index in [0.717, 1.165) is 0 Å². The minimum absolute atomic E-state index is 0.0499. The predicted octanol–water partition coefficient (Wildman–Crippen LogP) is 3.80. The van der Waals surface area contributed by atoms with Crippen molar-refractivity contribution < 1.29 is 23.2 Å². The Morgan fingerprint density at radius 1 is 1.23 bits per heavy atom. The average Bonchev–Trinajstić information content (AvgIpc) is 2.67. The number of benzene rings is 1. The number of nitrogens with one attached hydrogen (secondary N) is 1. The second-order valence-electron chi connectivity index (χ2n) is 8.39. The van der Waals surface area contributed by atoms with Gasteiger partial charge in [0.25, 0.3) is 0 Å². The van der Waals surface area contributed by atoms with E-state index >= 15 is 0 Å². The van der Waals surface area contributed by atoms with Crippen LogP contribution < -0.4 is 10.8 Å². The molecule has 2 rings (SSSR count). The van der Waals surface area contributed by atoms with Crippen LogP contribution in [0.4, 0.5) is 9.18 Å². The molecule has 0 bridgehead atoms. The van der Waals surface area contributed by atoms with Gasteiger partial charge in [-0.15, -0.1) is 0 Å². The zero-order chi connectivity index (χ0) is 19.9. The lowest BCUT2D eigenvalue weighted by molar-refractivity contribution is 0.00578. The van der Waals surface area contributed by atoms with Gasteiger partial charge in [0.15, 0.2) is 0 Å². The fourth-order valence-electron chi connectivity index (χ4n) is 2.37. The van der Waals surface area contributed by atoms with Crippen molar-refractivity contribution in [3.05, 3.63) is 28.5 Å². The first-order chi connectivity index (χ1) is 11.7. The number of carbonyl (C=O) groups is 1. The van der Waals surface area contributed by atoms with Crippen LogP contribution in [0, 0.1) is 5.82 Å². The standard InChI is InChI=1S/C18H26BClFNO4/c1-16(2,3)24-15(23)22-10-11-8-9-12(14(21)13(11)20)19-25-17(4,5)18(6,7)26-19/h8-9H,10H2,1-7H3,(H,22,23). The topological polar surface area (TPSA) is 56.8 Å². The van der Waals surface area contributed by atoms with Crippen LogP contribution in [0.2, 0.25) is 5.02 Å². The van der Waals surface area contributed by atoms with Crippen LogP contribution in [0.25, 0.3) is 0 Å². The summed E-state index contributed by atoms with van der Waals surface area (Å²) in [6.07, 6.45) is -0.594. The molecule has 0 unspecified atom stereocenters. The molecule has 144 valence electrons. The maximum atomic E-state index is 14.8. The minimum Gasteiger partial charge on any atom is -0.444 e. The van der Waals surface area contributed by atoms with E-state index in [1.807, 2.05) is 27.7 Å². The molecule has 1 saturated heterocycles. The molecule has 1 amide bonds. The maximum absolute atomic E-state index is 14.8. The number of carbonyl (C=O) groups excluding carboxylic acids is 1. The van der Waals surface area contributed by atoms with Crippen molar-refractivity contribution in [2.45, 2.75) is 71.8 Å². The zero-order valence-corrected chi connectivity index (χ0v) is 17.1. The molecular weight excluding hydrogens is 359 g/mol. The van der Waals surface area contributed by atoms with Crippen LogP contribution in [0.3, 0.4) is 0 Å². The number of halogens is 2. The van der Waals surface area contributed by atoms with Crippen LogP contribution in [-0.2, 0) is 20.6 Å². The SMILES string of the molecule is CC(C)(C)OC(=O)NCc1ccc(B2OC(C)(C)C(C)(C)O2)c(F)c1Cl. The van der Waals surface area contributed by atoms with Gasteiger partial charge in [-0.2, -0.15) is 0 Å². The molecule has 0 aromatic heterocycles. The molecule has 0 atom stereocenters. The van der Waals surface area contributed by atoms with Gasteiger partial charge in [0.1, 0.15) is 11.4 Å². The molecule has 0 spiro atoms. The Balaban J connectivity index is 2.13. The van der Waals surface area contributed by atoms with E-state index in [1.165, 1.54) is 0 Å². The third kappa shape index (κ3) is 4.50. The summed E-state index contributed by atoms with van der Waals surface area (Å²) in [5.74, 6) is -0.617. The van der Waals surface area contributed by atoms with Gasteiger partial charge < -0.3 is 19.4 Å². The van der Waals surface area contributed by atoms with Gasteiger partial charge in [-0.05, 0) is 54.0 Å². The van der Waals surface area contributed by atoms with Crippen LogP contribution in [-0.4, -0.2) is 30.0 Å². The third-order valence-corrected chi connectivity index (χ3v) is 4.93. The number of hydrogen-bond acceptors (Lipinski definition) is 4. The van der Waals surface area contributed by atoms with Gasteiger partial charge >= 0.3 is 13.2 Å². The van der Waals surface area contributed by atoms with Crippen LogP contribution >= 0.6 is 11.6 Å². The number of amides is 1. The second kappa shape index (κ2) is 7.02. The van der Waals surface area contributed by atoms with Crippen molar-refractivity contribution >= 4 is 30.3 Å². The summed E-state index contributed by atoms with van der Waals surface area (Å²) in [6, 6.07) is 3.21. The Kier molecular flexibility index (Phi) is 5.67. The van der Waals surface area contributed by atoms with E-state index in [2.05, 4.69) is 5.32 Å². The zero-order valence-electron chi connectivity index (χ0n) is 16.3. The Hall–Kier alpha value is -1.31. The van der Waals surface area contributed by atoms with Gasteiger partial charge in [-0.1, -0.05) is 23.7 Å². The largest absolute Gasteiger partial charge is 0.497 e. The minimum atomic E-state index is -0.842. The van der Waals surface area contributed by atoms with E-state index in [0.29, 0.717) is 5.56 Å². The lowest BCUT2D eigenvalue weighted by atomic mass is 9.78. The molecule has 1 aromatic rings. The fourth-order valence-corrected chi connectivity index (χ4v) is 2.61. The summed E-state index contributed by atoms with van der Waals surface area (Å²) in [4.78, 5) is 11.7. The Morgan fingerprint density at radius 2 is 1.77 bits per heavy atom. The summed E-state index contributed by atoms with van der Waals surface area (Å²) < 4.78 is 31.7. The molecule has 1 aliphatic heterocycles. The quantitative estimate of drug-likeness (QED) is 0.804. The molecule has 1 fully saturated rings. The molecule has 1 heterocycles. The van der Waals surface area contributed by atoms with Gasteiger partial charge in [-0.3, -0.25) is 0 Å². The summed E-state index contributed by atoms with van der Waals surface area (Å²) in [6.45, 7) is 12.9. The lowest BCUT2D eigenvalue weighted by Crippen LogP contribution is -2.41. The molecule has 26 heavy (non-hydrogen) atoms. The van der Waals surface area contributed by atoms with Crippen molar-refractivity contribution in [2.24, 2.45) is 0 Å². The van der Waals surface area contributed by atoms with Crippen LogP contribution in [0.1, 0.15) is 54.0 Å². The first kappa shape index (κ1) is 21.0. The van der Waals surface area contributed by atoms with E-state index in [-0.39, 0.29) is 17.0 Å². The summed E-state index contributed by atoms with van der Waals surface area (Å²) in [7, 11) is -0.842. The molecule has 1 aliphatic rings. The number of alkyl carbamates (subject to hydrolysis) is 1. The predicted molar refractivity (Wildman–Crippen MR) is 100 cm³/mol. The van der Waals surface area contributed by atoms with Crippen molar-refractivity contribution in [3.8, 4) is 0 Å². The molecule has 8 heteroatoms. The van der Waals surface area contributed by atoms with E-state index in [1.54, 1.807) is 32.9 Å². The molecule has 1 aromatic carbocycles. The maximum Gasteiger partial charge on any atom is 0.497 e. The van der Waals surface area contributed by atoms with Gasteiger partial charge in [-0.25, -0.2) is 9.18 Å². The summed E-state index contributed by atoms with van der Waals surface area (Å²) in [5, 5.41) is 2.49.